The van der Waals surface area contributed by atoms with E-state index in [1.807, 2.05) is 38.1 Å². The molecule has 0 bridgehead atoms. The minimum absolute atomic E-state index is 0.248. The third kappa shape index (κ3) is 3.15. The Morgan fingerprint density at radius 3 is 2.55 bits per heavy atom. The van der Waals surface area contributed by atoms with Crippen molar-refractivity contribution in [2.75, 3.05) is 24.3 Å². The Labute approximate surface area is 118 Å². The molecule has 0 fully saturated rings. The molecule has 0 atom stereocenters. The van der Waals surface area contributed by atoms with Crippen LogP contribution in [0.5, 0.6) is 0 Å². The third-order valence-electron chi connectivity index (χ3n) is 2.97. The lowest BCUT2D eigenvalue weighted by molar-refractivity contribution is 0.102. The van der Waals surface area contributed by atoms with Crippen LogP contribution in [0.2, 0.25) is 0 Å². The quantitative estimate of drug-likeness (QED) is 0.928. The maximum Gasteiger partial charge on any atom is 0.255 e. The zero-order chi connectivity index (χ0) is 14.7. The van der Waals surface area contributed by atoms with Gasteiger partial charge in [-0.2, -0.15) is 0 Å². The first-order chi connectivity index (χ1) is 9.47. The summed E-state index contributed by atoms with van der Waals surface area (Å²) in [7, 11) is 3.69. The van der Waals surface area contributed by atoms with E-state index in [0.29, 0.717) is 11.3 Å². The smallest absolute Gasteiger partial charge is 0.255 e. The zero-order valence-corrected chi connectivity index (χ0v) is 11.8. The van der Waals surface area contributed by atoms with Crippen molar-refractivity contribution in [3.63, 3.8) is 0 Å². The number of nitrogens with zero attached hydrogens (tertiary/aromatic N) is 1. The minimum atomic E-state index is -0.379. The Hall–Kier alpha value is -2.36. The summed E-state index contributed by atoms with van der Waals surface area (Å²) in [6.45, 7) is 1.92. The van der Waals surface area contributed by atoms with E-state index in [9.17, 15) is 9.18 Å². The molecule has 0 radical (unpaired) electrons. The van der Waals surface area contributed by atoms with Gasteiger partial charge in [0.05, 0.1) is 11.4 Å². The fourth-order valence-electron chi connectivity index (χ4n) is 1.98. The van der Waals surface area contributed by atoms with E-state index in [0.717, 1.165) is 11.3 Å². The number of aryl methyl sites for hydroxylation is 1. The number of hydrogen-bond donors (Lipinski definition) is 1. The van der Waals surface area contributed by atoms with Crippen molar-refractivity contribution in [1.29, 1.82) is 0 Å². The first-order valence-corrected chi connectivity index (χ1v) is 6.32. The van der Waals surface area contributed by atoms with E-state index < -0.39 is 0 Å². The Morgan fingerprint density at radius 1 is 1.15 bits per heavy atom. The number of carbonyl (C=O) groups is 1. The third-order valence-corrected chi connectivity index (χ3v) is 2.97. The van der Waals surface area contributed by atoms with Crippen molar-refractivity contribution in [2.24, 2.45) is 0 Å². The van der Waals surface area contributed by atoms with Crippen molar-refractivity contribution < 1.29 is 9.18 Å². The van der Waals surface area contributed by atoms with E-state index in [1.54, 1.807) is 18.2 Å². The molecule has 4 heteroatoms. The summed E-state index contributed by atoms with van der Waals surface area (Å²) in [5.41, 5.74) is 2.78. The number of carbonyl (C=O) groups excluding carboxylic acids is 1. The van der Waals surface area contributed by atoms with Crippen molar-refractivity contribution in [1.82, 2.24) is 0 Å². The van der Waals surface area contributed by atoms with Crippen LogP contribution in [-0.4, -0.2) is 20.0 Å². The molecular formula is C16H17FN2O. The summed E-state index contributed by atoms with van der Waals surface area (Å²) in [5, 5.41) is 2.76. The van der Waals surface area contributed by atoms with E-state index in [4.69, 9.17) is 0 Å². The van der Waals surface area contributed by atoms with Crippen LogP contribution in [0, 0.1) is 12.7 Å². The van der Waals surface area contributed by atoms with Crippen LogP contribution >= 0.6 is 0 Å². The van der Waals surface area contributed by atoms with Gasteiger partial charge in [-0.15, -0.1) is 0 Å². The highest BCUT2D eigenvalue weighted by molar-refractivity contribution is 6.06. The molecule has 0 aliphatic carbocycles. The Bertz CT molecular complexity index is 638. The molecule has 104 valence electrons. The van der Waals surface area contributed by atoms with Gasteiger partial charge in [0.1, 0.15) is 5.82 Å². The number of rotatable bonds is 3. The summed E-state index contributed by atoms with van der Waals surface area (Å²) in [5.74, 6) is -0.627. The second-order valence-electron chi connectivity index (χ2n) is 4.88. The summed E-state index contributed by atoms with van der Waals surface area (Å²) >= 11 is 0. The van der Waals surface area contributed by atoms with Crippen LogP contribution in [0.25, 0.3) is 0 Å². The molecule has 1 N–H and O–H groups in total. The van der Waals surface area contributed by atoms with Crippen molar-refractivity contribution in [3.8, 4) is 0 Å². The highest BCUT2D eigenvalue weighted by Crippen LogP contribution is 2.25. The molecule has 2 aromatic carbocycles. The summed E-state index contributed by atoms with van der Waals surface area (Å²) in [6.07, 6.45) is 0. The number of hydrogen-bond acceptors (Lipinski definition) is 2. The summed E-state index contributed by atoms with van der Waals surface area (Å²) in [6, 6.07) is 11.6. The van der Waals surface area contributed by atoms with E-state index >= 15 is 0 Å². The molecule has 0 heterocycles. The molecule has 0 aliphatic rings. The number of nitrogens with one attached hydrogen (secondary N) is 1. The van der Waals surface area contributed by atoms with Gasteiger partial charge < -0.3 is 10.2 Å². The molecule has 1 amide bonds. The Morgan fingerprint density at radius 2 is 1.90 bits per heavy atom. The van der Waals surface area contributed by atoms with Crippen LogP contribution in [0.15, 0.2) is 42.5 Å². The molecule has 20 heavy (non-hydrogen) atoms. The van der Waals surface area contributed by atoms with Gasteiger partial charge in [0, 0.05) is 19.7 Å². The predicted octanol–water partition coefficient (Wildman–Crippen LogP) is 3.45. The SMILES string of the molecule is Cc1cccc(C(=O)Nc2cc(F)ccc2N(C)C)c1. The molecule has 0 aliphatic heterocycles. The first kappa shape index (κ1) is 14.1. The largest absolute Gasteiger partial charge is 0.376 e. The van der Waals surface area contributed by atoms with Gasteiger partial charge in [0.15, 0.2) is 0 Å². The van der Waals surface area contributed by atoms with Crippen molar-refractivity contribution in [2.45, 2.75) is 6.92 Å². The molecule has 3 nitrogen and oxygen atoms in total. The number of halogens is 1. The molecule has 0 spiro atoms. The number of amides is 1. The minimum Gasteiger partial charge on any atom is -0.376 e. The van der Waals surface area contributed by atoms with Crippen LogP contribution < -0.4 is 10.2 Å². The first-order valence-electron chi connectivity index (χ1n) is 6.32. The van der Waals surface area contributed by atoms with E-state index in [2.05, 4.69) is 5.32 Å². The molecule has 0 saturated heterocycles. The van der Waals surface area contributed by atoms with Crippen LogP contribution in [0.3, 0.4) is 0 Å². The van der Waals surface area contributed by atoms with E-state index in [-0.39, 0.29) is 11.7 Å². The standard InChI is InChI=1S/C16H17FN2O/c1-11-5-4-6-12(9-11)16(20)18-14-10-13(17)7-8-15(14)19(2)3/h4-10H,1-3H3,(H,18,20). The number of benzene rings is 2. The highest BCUT2D eigenvalue weighted by Gasteiger charge is 2.11. The lowest BCUT2D eigenvalue weighted by Crippen LogP contribution is -2.17. The maximum atomic E-state index is 13.4. The summed E-state index contributed by atoms with van der Waals surface area (Å²) in [4.78, 5) is 14.0. The Balaban J connectivity index is 2.30. The predicted molar refractivity (Wildman–Crippen MR) is 79.9 cm³/mol. The van der Waals surface area contributed by atoms with Gasteiger partial charge in [0.2, 0.25) is 0 Å². The molecule has 0 unspecified atom stereocenters. The average molecular weight is 272 g/mol. The van der Waals surface area contributed by atoms with Gasteiger partial charge in [-0.05, 0) is 37.3 Å². The van der Waals surface area contributed by atoms with Crippen LogP contribution in [-0.2, 0) is 0 Å². The monoisotopic (exact) mass is 272 g/mol. The fraction of sp³-hybridized carbons (Fsp3) is 0.188. The molecular weight excluding hydrogens is 255 g/mol. The van der Waals surface area contributed by atoms with E-state index in [1.165, 1.54) is 12.1 Å². The molecule has 2 aromatic rings. The fourth-order valence-corrected chi connectivity index (χ4v) is 1.98. The maximum absolute atomic E-state index is 13.4. The number of anilines is 2. The molecule has 0 aromatic heterocycles. The van der Waals surface area contributed by atoms with Crippen LogP contribution in [0.4, 0.5) is 15.8 Å². The van der Waals surface area contributed by atoms with Gasteiger partial charge in [-0.3, -0.25) is 4.79 Å². The van der Waals surface area contributed by atoms with Crippen molar-refractivity contribution in [3.05, 3.63) is 59.4 Å². The lowest BCUT2D eigenvalue weighted by Gasteiger charge is -2.18. The van der Waals surface area contributed by atoms with Gasteiger partial charge in [-0.1, -0.05) is 17.7 Å². The topological polar surface area (TPSA) is 32.3 Å². The van der Waals surface area contributed by atoms with Gasteiger partial charge in [-0.25, -0.2) is 4.39 Å². The normalized spacial score (nSPS) is 10.2. The average Bonchev–Trinajstić information content (AvgIpc) is 2.38. The second-order valence-corrected chi connectivity index (χ2v) is 4.88. The van der Waals surface area contributed by atoms with Crippen LogP contribution in [0.1, 0.15) is 15.9 Å². The van der Waals surface area contributed by atoms with Gasteiger partial charge in [0.25, 0.3) is 5.91 Å². The zero-order valence-electron chi connectivity index (χ0n) is 11.8. The highest BCUT2D eigenvalue weighted by atomic mass is 19.1. The summed E-state index contributed by atoms with van der Waals surface area (Å²) < 4.78 is 13.4. The lowest BCUT2D eigenvalue weighted by atomic mass is 10.1. The Kier molecular flexibility index (Phi) is 4.03. The van der Waals surface area contributed by atoms with Crippen molar-refractivity contribution >= 4 is 17.3 Å². The van der Waals surface area contributed by atoms with Gasteiger partial charge >= 0.3 is 0 Å². The molecule has 2 rings (SSSR count). The molecule has 0 saturated carbocycles. The second kappa shape index (κ2) is 5.74.